The van der Waals surface area contributed by atoms with Crippen LogP contribution < -0.4 is 9.47 Å². The number of amides is 1. The Labute approximate surface area is 158 Å². The smallest absolute Gasteiger partial charge is 0.223 e. The Bertz CT molecular complexity index is 775. The van der Waals surface area contributed by atoms with Crippen LogP contribution in [0.1, 0.15) is 17.8 Å². The lowest BCUT2D eigenvalue weighted by atomic mass is 10.3. The van der Waals surface area contributed by atoms with Gasteiger partial charge in [0.15, 0.2) is 11.5 Å². The van der Waals surface area contributed by atoms with Crippen molar-refractivity contribution < 1.29 is 14.3 Å². The van der Waals surface area contributed by atoms with Crippen LogP contribution in [0, 0.1) is 13.8 Å². The van der Waals surface area contributed by atoms with Crippen molar-refractivity contribution in [3.8, 4) is 11.5 Å². The predicted octanol–water partition coefficient (Wildman–Crippen LogP) is 2.91. The van der Waals surface area contributed by atoms with Gasteiger partial charge in [-0.15, -0.1) is 11.8 Å². The van der Waals surface area contributed by atoms with E-state index in [1.165, 1.54) is 0 Å². The Morgan fingerprint density at radius 1 is 1.23 bits per heavy atom. The number of ether oxygens (including phenoxy) is 2. The SMILES string of the molecule is Cc1cc(C)n(CCN(C)C(=O)CCSc2ccc3c(c2)OCCO3)n1. The molecule has 0 spiro atoms. The first-order chi connectivity index (χ1) is 12.5. The zero-order valence-electron chi connectivity index (χ0n) is 15.5. The van der Waals surface area contributed by atoms with Crippen LogP contribution in [0.5, 0.6) is 11.5 Å². The van der Waals surface area contributed by atoms with Gasteiger partial charge in [-0.25, -0.2) is 0 Å². The van der Waals surface area contributed by atoms with E-state index in [1.54, 1.807) is 16.7 Å². The summed E-state index contributed by atoms with van der Waals surface area (Å²) < 4.78 is 13.1. The van der Waals surface area contributed by atoms with E-state index in [1.807, 2.05) is 49.8 Å². The lowest BCUT2D eigenvalue weighted by Crippen LogP contribution is -2.30. The molecule has 140 valence electrons. The van der Waals surface area contributed by atoms with Crippen LogP contribution in [0.15, 0.2) is 29.2 Å². The van der Waals surface area contributed by atoms with E-state index >= 15 is 0 Å². The zero-order valence-corrected chi connectivity index (χ0v) is 16.3. The summed E-state index contributed by atoms with van der Waals surface area (Å²) in [4.78, 5) is 15.2. The molecule has 0 unspecified atom stereocenters. The second-order valence-corrected chi connectivity index (χ2v) is 7.54. The number of nitrogens with zero attached hydrogens (tertiary/aromatic N) is 3. The lowest BCUT2D eigenvalue weighted by Gasteiger charge is -2.19. The van der Waals surface area contributed by atoms with Gasteiger partial charge >= 0.3 is 0 Å². The molecule has 0 aliphatic carbocycles. The number of benzene rings is 1. The highest BCUT2D eigenvalue weighted by molar-refractivity contribution is 7.99. The van der Waals surface area contributed by atoms with Gasteiger partial charge in [0, 0.05) is 36.4 Å². The fourth-order valence-corrected chi connectivity index (χ4v) is 3.70. The minimum atomic E-state index is 0.150. The monoisotopic (exact) mass is 375 g/mol. The molecular formula is C19H25N3O3S. The van der Waals surface area contributed by atoms with Gasteiger partial charge in [-0.1, -0.05) is 0 Å². The molecule has 1 aliphatic heterocycles. The van der Waals surface area contributed by atoms with Crippen molar-refractivity contribution in [2.75, 3.05) is 32.6 Å². The average Bonchev–Trinajstić information content (AvgIpc) is 2.96. The van der Waals surface area contributed by atoms with Crippen LogP contribution in [0.3, 0.4) is 0 Å². The molecular weight excluding hydrogens is 350 g/mol. The van der Waals surface area contributed by atoms with E-state index in [0.29, 0.717) is 26.2 Å². The summed E-state index contributed by atoms with van der Waals surface area (Å²) in [6.45, 7) is 6.57. The number of carbonyl (C=O) groups is 1. The first kappa shape index (κ1) is 18.6. The van der Waals surface area contributed by atoms with Crippen LogP contribution in [-0.4, -0.2) is 53.1 Å². The van der Waals surface area contributed by atoms with Crippen molar-refractivity contribution in [1.82, 2.24) is 14.7 Å². The molecule has 0 bridgehead atoms. The molecule has 0 N–H and O–H groups in total. The van der Waals surface area contributed by atoms with Crippen molar-refractivity contribution in [1.29, 1.82) is 0 Å². The summed E-state index contributed by atoms with van der Waals surface area (Å²) >= 11 is 1.66. The number of hydrogen-bond donors (Lipinski definition) is 0. The van der Waals surface area contributed by atoms with Gasteiger partial charge in [0.05, 0.1) is 12.2 Å². The number of aryl methyl sites for hydroxylation is 2. The second kappa shape index (κ2) is 8.49. The summed E-state index contributed by atoms with van der Waals surface area (Å²) in [5.41, 5.74) is 2.13. The molecule has 0 saturated heterocycles. The highest BCUT2D eigenvalue weighted by Crippen LogP contribution is 2.34. The summed E-state index contributed by atoms with van der Waals surface area (Å²) in [6, 6.07) is 7.97. The normalized spacial score (nSPS) is 12.9. The second-order valence-electron chi connectivity index (χ2n) is 6.37. The minimum absolute atomic E-state index is 0.150. The maximum atomic E-state index is 12.3. The highest BCUT2D eigenvalue weighted by Gasteiger charge is 2.13. The van der Waals surface area contributed by atoms with Crippen LogP contribution >= 0.6 is 11.8 Å². The van der Waals surface area contributed by atoms with Crippen molar-refractivity contribution in [3.05, 3.63) is 35.7 Å². The van der Waals surface area contributed by atoms with Crippen molar-refractivity contribution >= 4 is 17.7 Å². The topological polar surface area (TPSA) is 56.6 Å². The van der Waals surface area contributed by atoms with E-state index in [4.69, 9.17) is 9.47 Å². The van der Waals surface area contributed by atoms with E-state index < -0.39 is 0 Å². The molecule has 2 heterocycles. The third-order valence-corrected chi connectivity index (χ3v) is 5.27. The van der Waals surface area contributed by atoms with Gasteiger partial charge in [-0.2, -0.15) is 5.10 Å². The maximum Gasteiger partial charge on any atom is 0.223 e. The largest absolute Gasteiger partial charge is 0.486 e. The van der Waals surface area contributed by atoms with Crippen molar-refractivity contribution in [2.24, 2.45) is 0 Å². The Morgan fingerprint density at radius 2 is 2.00 bits per heavy atom. The zero-order chi connectivity index (χ0) is 18.5. The minimum Gasteiger partial charge on any atom is -0.486 e. The average molecular weight is 375 g/mol. The van der Waals surface area contributed by atoms with Crippen molar-refractivity contribution in [2.45, 2.75) is 31.7 Å². The van der Waals surface area contributed by atoms with Gasteiger partial charge in [0.1, 0.15) is 13.2 Å². The van der Waals surface area contributed by atoms with E-state index in [0.717, 1.165) is 40.1 Å². The molecule has 0 fully saturated rings. The number of thioether (sulfide) groups is 1. The molecule has 2 aromatic rings. The third kappa shape index (κ3) is 4.72. The molecule has 0 atom stereocenters. The highest BCUT2D eigenvalue weighted by atomic mass is 32.2. The summed E-state index contributed by atoms with van der Waals surface area (Å²) in [6.07, 6.45) is 0.507. The first-order valence-electron chi connectivity index (χ1n) is 8.80. The fourth-order valence-electron chi connectivity index (χ4n) is 2.83. The summed E-state index contributed by atoms with van der Waals surface area (Å²) in [7, 11) is 1.85. The number of aromatic nitrogens is 2. The van der Waals surface area contributed by atoms with E-state index in [9.17, 15) is 4.79 Å². The molecule has 1 aromatic carbocycles. The number of hydrogen-bond acceptors (Lipinski definition) is 5. The number of carbonyl (C=O) groups excluding carboxylic acids is 1. The number of fused-ring (bicyclic) bond motifs is 1. The van der Waals surface area contributed by atoms with E-state index in [2.05, 4.69) is 5.10 Å². The van der Waals surface area contributed by atoms with Gasteiger partial charge in [0.25, 0.3) is 0 Å². The van der Waals surface area contributed by atoms with Crippen LogP contribution in [0.2, 0.25) is 0 Å². The van der Waals surface area contributed by atoms with E-state index in [-0.39, 0.29) is 5.91 Å². The van der Waals surface area contributed by atoms with Crippen LogP contribution in [-0.2, 0) is 11.3 Å². The standard InChI is InChI=1S/C19H25N3O3S/c1-14-12-15(2)22(20-14)8-7-21(3)19(23)6-11-26-16-4-5-17-18(13-16)25-10-9-24-17/h4-5,12-13H,6-11H2,1-3H3. The third-order valence-electron chi connectivity index (χ3n) is 4.27. The van der Waals surface area contributed by atoms with Gasteiger partial charge < -0.3 is 14.4 Å². The Hall–Kier alpha value is -2.15. The van der Waals surface area contributed by atoms with Gasteiger partial charge in [0.2, 0.25) is 5.91 Å². The maximum absolute atomic E-state index is 12.3. The molecule has 1 aromatic heterocycles. The number of rotatable bonds is 7. The first-order valence-corrected chi connectivity index (χ1v) is 9.79. The quantitative estimate of drug-likeness (QED) is 0.697. The fraction of sp³-hybridized carbons (Fsp3) is 0.474. The molecule has 1 amide bonds. The molecule has 26 heavy (non-hydrogen) atoms. The molecule has 7 heteroatoms. The summed E-state index contributed by atoms with van der Waals surface area (Å²) in [5.74, 6) is 2.47. The lowest BCUT2D eigenvalue weighted by molar-refractivity contribution is -0.129. The van der Waals surface area contributed by atoms with Crippen molar-refractivity contribution in [3.63, 3.8) is 0 Å². The molecule has 1 aliphatic rings. The number of likely N-dealkylation sites (N-methyl/N-ethyl adjacent to an activating group) is 1. The Kier molecular flexibility index (Phi) is 6.08. The summed E-state index contributed by atoms with van der Waals surface area (Å²) in [5, 5.41) is 4.43. The Morgan fingerprint density at radius 3 is 2.73 bits per heavy atom. The van der Waals surface area contributed by atoms with Crippen LogP contribution in [0.25, 0.3) is 0 Å². The van der Waals surface area contributed by atoms with Gasteiger partial charge in [-0.3, -0.25) is 9.48 Å². The molecule has 0 saturated carbocycles. The molecule has 3 rings (SSSR count). The van der Waals surface area contributed by atoms with Gasteiger partial charge in [-0.05, 0) is 38.1 Å². The van der Waals surface area contributed by atoms with Crippen LogP contribution in [0.4, 0.5) is 0 Å². The Balaban J connectivity index is 1.42. The molecule has 0 radical (unpaired) electrons. The molecule has 6 nitrogen and oxygen atoms in total. The predicted molar refractivity (Wildman–Crippen MR) is 102 cm³/mol.